The largest absolute Gasteiger partial charge is 0.339 e. The zero-order valence-corrected chi connectivity index (χ0v) is 19.9. The Bertz CT molecular complexity index is 1200. The molecule has 4 rings (SSSR count). The van der Waals surface area contributed by atoms with Crippen LogP contribution in [0.25, 0.3) is 11.4 Å². The first-order chi connectivity index (χ1) is 15.3. The van der Waals surface area contributed by atoms with Gasteiger partial charge in [-0.1, -0.05) is 18.1 Å². The minimum atomic E-state index is -3.63. The van der Waals surface area contributed by atoms with Gasteiger partial charge in [-0.3, -0.25) is 4.79 Å². The first-order valence-electron chi connectivity index (χ1n) is 10.6. The van der Waals surface area contributed by atoms with Crippen molar-refractivity contribution in [1.82, 2.24) is 14.4 Å². The van der Waals surface area contributed by atoms with Gasteiger partial charge < -0.3 is 9.84 Å². The van der Waals surface area contributed by atoms with Crippen LogP contribution in [0.5, 0.6) is 0 Å². The number of amides is 1. The van der Waals surface area contributed by atoms with Gasteiger partial charge in [-0.15, -0.1) is 11.3 Å². The molecular formula is C22H26N4O4S2. The standard InChI is InChI=1S/C22H26N4O4S2/c1-4-19-24-21(25-30-19)17-12-20(31-13-17)32(28,29)26-7-5-16(6-8-26)22(27)23-18-10-14(2)9-15(3)11-18/h9-13,16H,4-8H2,1-3H3,(H,23,27). The summed E-state index contributed by atoms with van der Waals surface area (Å²) in [5, 5.41) is 8.61. The van der Waals surface area contributed by atoms with Crippen molar-refractivity contribution in [3.05, 3.63) is 46.7 Å². The molecule has 1 aliphatic heterocycles. The molecule has 32 heavy (non-hydrogen) atoms. The molecule has 0 unspecified atom stereocenters. The normalized spacial score (nSPS) is 15.7. The average Bonchev–Trinajstić information content (AvgIpc) is 3.43. The van der Waals surface area contributed by atoms with E-state index < -0.39 is 10.0 Å². The van der Waals surface area contributed by atoms with E-state index >= 15 is 0 Å². The Morgan fingerprint density at radius 3 is 2.50 bits per heavy atom. The number of hydrogen-bond acceptors (Lipinski definition) is 7. The van der Waals surface area contributed by atoms with Gasteiger partial charge in [0.05, 0.1) is 0 Å². The molecule has 170 valence electrons. The number of benzene rings is 1. The van der Waals surface area contributed by atoms with Crippen LogP contribution < -0.4 is 5.32 Å². The van der Waals surface area contributed by atoms with Gasteiger partial charge in [0.2, 0.25) is 17.6 Å². The number of hydrogen-bond donors (Lipinski definition) is 1. The van der Waals surface area contributed by atoms with E-state index in [2.05, 4.69) is 21.5 Å². The van der Waals surface area contributed by atoms with Gasteiger partial charge in [0, 0.05) is 42.1 Å². The third-order valence-electron chi connectivity index (χ3n) is 5.51. The molecule has 1 saturated heterocycles. The van der Waals surface area contributed by atoms with Crippen LogP contribution in [0, 0.1) is 19.8 Å². The second-order valence-corrected chi connectivity index (χ2v) is 11.1. The number of carbonyl (C=O) groups is 1. The van der Waals surface area contributed by atoms with Crippen LogP contribution >= 0.6 is 11.3 Å². The number of aryl methyl sites for hydroxylation is 3. The van der Waals surface area contributed by atoms with E-state index in [-0.39, 0.29) is 16.0 Å². The van der Waals surface area contributed by atoms with E-state index in [4.69, 9.17) is 4.52 Å². The molecule has 0 saturated carbocycles. The number of carbonyl (C=O) groups excluding carboxylic acids is 1. The number of nitrogens with one attached hydrogen (secondary N) is 1. The topological polar surface area (TPSA) is 105 Å². The maximum Gasteiger partial charge on any atom is 0.252 e. The van der Waals surface area contributed by atoms with E-state index in [0.717, 1.165) is 28.2 Å². The van der Waals surface area contributed by atoms with E-state index in [1.54, 1.807) is 11.4 Å². The summed E-state index contributed by atoms with van der Waals surface area (Å²) in [6.07, 6.45) is 1.59. The lowest BCUT2D eigenvalue weighted by atomic mass is 9.97. The molecule has 0 spiro atoms. The lowest BCUT2D eigenvalue weighted by Crippen LogP contribution is -2.41. The summed E-state index contributed by atoms with van der Waals surface area (Å²) in [6.45, 7) is 6.50. The van der Waals surface area contributed by atoms with E-state index in [0.29, 0.717) is 49.6 Å². The quantitative estimate of drug-likeness (QED) is 0.579. The van der Waals surface area contributed by atoms with Gasteiger partial charge in [0.15, 0.2) is 0 Å². The number of piperidine rings is 1. The van der Waals surface area contributed by atoms with Crippen molar-refractivity contribution >= 4 is 33.0 Å². The number of sulfonamides is 1. The van der Waals surface area contributed by atoms with Crippen LogP contribution in [0.3, 0.4) is 0 Å². The molecule has 0 bridgehead atoms. The van der Waals surface area contributed by atoms with Crippen molar-refractivity contribution in [2.75, 3.05) is 18.4 Å². The van der Waals surface area contributed by atoms with Crippen LogP contribution in [0.2, 0.25) is 0 Å². The van der Waals surface area contributed by atoms with Crippen LogP contribution in [0.4, 0.5) is 5.69 Å². The summed E-state index contributed by atoms with van der Waals surface area (Å²) in [7, 11) is -3.63. The predicted octanol–water partition coefficient (Wildman–Crippen LogP) is 4.02. The zero-order chi connectivity index (χ0) is 22.9. The lowest BCUT2D eigenvalue weighted by Gasteiger charge is -2.30. The molecule has 0 atom stereocenters. The van der Waals surface area contributed by atoms with Crippen molar-refractivity contribution < 1.29 is 17.7 Å². The van der Waals surface area contributed by atoms with E-state index in [9.17, 15) is 13.2 Å². The summed E-state index contributed by atoms with van der Waals surface area (Å²) in [5.74, 6) is 0.625. The minimum absolute atomic E-state index is 0.0608. The molecule has 8 nitrogen and oxygen atoms in total. The van der Waals surface area contributed by atoms with Crippen molar-refractivity contribution in [3.63, 3.8) is 0 Å². The highest BCUT2D eigenvalue weighted by molar-refractivity contribution is 7.91. The third kappa shape index (κ3) is 4.77. The fourth-order valence-corrected chi connectivity index (χ4v) is 6.64. The Morgan fingerprint density at radius 2 is 1.88 bits per heavy atom. The van der Waals surface area contributed by atoms with Gasteiger partial charge in [0.1, 0.15) is 4.21 Å². The van der Waals surface area contributed by atoms with E-state index in [1.165, 1.54) is 4.31 Å². The second kappa shape index (κ2) is 9.13. The molecule has 1 amide bonds. The second-order valence-electron chi connectivity index (χ2n) is 8.06. The highest BCUT2D eigenvalue weighted by atomic mass is 32.2. The lowest BCUT2D eigenvalue weighted by molar-refractivity contribution is -0.120. The van der Waals surface area contributed by atoms with Crippen LogP contribution in [-0.4, -0.2) is 41.9 Å². The van der Waals surface area contributed by atoms with Crippen molar-refractivity contribution in [3.8, 4) is 11.4 Å². The Hall–Kier alpha value is -2.56. The van der Waals surface area contributed by atoms with Crippen molar-refractivity contribution in [2.45, 2.75) is 44.2 Å². The Morgan fingerprint density at radius 1 is 1.19 bits per heavy atom. The zero-order valence-electron chi connectivity index (χ0n) is 18.3. The number of nitrogens with zero attached hydrogens (tertiary/aromatic N) is 3. The molecule has 0 aliphatic carbocycles. The maximum absolute atomic E-state index is 13.1. The van der Waals surface area contributed by atoms with Gasteiger partial charge in [-0.25, -0.2) is 8.42 Å². The highest BCUT2D eigenvalue weighted by Gasteiger charge is 2.33. The summed E-state index contributed by atoms with van der Waals surface area (Å²) >= 11 is 1.14. The van der Waals surface area contributed by atoms with Crippen molar-refractivity contribution in [1.29, 1.82) is 0 Å². The molecule has 1 N–H and O–H groups in total. The predicted molar refractivity (Wildman–Crippen MR) is 123 cm³/mol. The molecule has 1 aliphatic rings. The molecule has 0 radical (unpaired) electrons. The van der Waals surface area contributed by atoms with Crippen LogP contribution in [0.1, 0.15) is 36.8 Å². The van der Waals surface area contributed by atoms with Gasteiger partial charge >= 0.3 is 0 Å². The van der Waals surface area contributed by atoms with Gasteiger partial charge in [-0.2, -0.15) is 9.29 Å². The Labute approximate surface area is 191 Å². The fraction of sp³-hybridized carbons (Fsp3) is 0.409. The van der Waals surface area contributed by atoms with E-state index in [1.807, 2.05) is 32.9 Å². The SMILES string of the molecule is CCc1nc(-c2csc(S(=O)(=O)N3CCC(C(=O)Nc4cc(C)cc(C)c4)CC3)c2)no1. The summed E-state index contributed by atoms with van der Waals surface area (Å²) in [6, 6.07) is 7.51. The smallest absolute Gasteiger partial charge is 0.252 e. The summed E-state index contributed by atoms with van der Waals surface area (Å²) < 4.78 is 33.0. The number of aromatic nitrogens is 2. The first-order valence-corrected chi connectivity index (χ1v) is 12.9. The maximum atomic E-state index is 13.1. The van der Waals surface area contributed by atoms with Crippen LogP contribution in [-0.2, 0) is 21.2 Å². The third-order valence-corrected chi connectivity index (χ3v) is 8.83. The summed E-state index contributed by atoms with van der Waals surface area (Å²) in [5.41, 5.74) is 3.58. The molecule has 1 aromatic carbocycles. The number of rotatable bonds is 6. The Kier molecular flexibility index (Phi) is 6.45. The van der Waals surface area contributed by atoms with Gasteiger partial charge in [-0.05, 0) is 56.0 Å². The fourth-order valence-electron chi connectivity index (χ4n) is 3.86. The number of thiophene rings is 1. The van der Waals surface area contributed by atoms with Crippen LogP contribution in [0.15, 0.2) is 38.4 Å². The highest BCUT2D eigenvalue weighted by Crippen LogP contribution is 2.31. The molecular weight excluding hydrogens is 448 g/mol. The monoisotopic (exact) mass is 474 g/mol. The molecule has 1 fully saturated rings. The molecule has 3 heterocycles. The molecule has 3 aromatic rings. The summed E-state index contributed by atoms with van der Waals surface area (Å²) in [4.78, 5) is 17.0. The molecule has 2 aromatic heterocycles. The van der Waals surface area contributed by atoms with Crippen molar-refractivity contribution in [2.24, 2.45) is 5.92 Å². The minimum Gasteiger partial charge on any atom is -0.339 e. The molecule has 10 heteroatoms. The first kappa shape index (κ1) is 22.6. The van der Waals surface area contributed by atoms with Gasteiger partial charge in [0.25, 0.3) is 10.0 Å². The number of anilines is 1. The Balaban J connectivity index is 1.39. The average molecular weight is 475 g/mol.